The minimum absolute atomic E-state index is 0.218. The van der Waals surface area contributed by atoms with Gasteiger partial charge in [-0.3, -0.25) is 10.9 Å². The van der Waals surface area contributed by atoms with Crippen molar-refractivity contribution in [1.82, 2.24) is 15.2 Å². The Morgan fingerprint density at radius 1 is 1.04 bits per heavy atom. The van der Waals surface area contributed by atoms with E-state index in [0.29, 0.717) is 28.9 Å². The van der Waals surface area contributed by atoms with E-state index in [9.17, 15) is 8.42 Å². The molecule has 2 heterocycles. The van der Waals surface area contributed by atoms with Crippen LogP contribution in [0.4, 0.5) is 0 Å². The topological polar surface area (TPSA) is 61.4 Å². The molecule has 4 rings (SSSR count). The third-order valence-corrected chi connectivity index (χ3v) is 7.76. The molecule has 0 saturated carbocycles. The van der Waals surface area contributed by atoms with Gasteiger partial charge in [0.05, 0.1) is 4.90 Å². The van der Waals surface area contributed by atoms with E-state index in [1.807, 2.05) is 6.07 Å². The third-order valence-electron chi connectivity index (χ3n) is 5.63. The molecule has 3 atom stereocenters. The van der Waals surface area contributed by atoms with E-state index < -0.39 is 10.0 Å². The Hall–Kier alpha value is -1.44. The molecule has 2 aromatic rings. The van der Waals surface area contributed by atoms with E-state index in [0.717, 1.165) is 19.4 Å². The zero-order chi connectivity index (χ0) is 18.9. The molecule has 2 aromatic carbocycles. The van der Waals surface area contributed by atoms with Crippen molar-refractivity contribution in [1.29, 1.82) is 0 Å². The number of hydrazine groups is 1. The fourth-order valence-corrected chi connectivity index (χ4v) is 5.89. The summed E-state index contributed by atoms with van der Waals surface area (Å²) in [5.41, 5.74) is 7.97. The van der Waals surface area contributed by atoms with Crippen LogP contribution in [0.2, 0.25) is 5.02 Å². The number of rotatable bonds is 4. The zero-order valence-electron chi connectivity index (χ0n) is 15.0. The van der Waals surface area contributed by atoms with Crippen LogP contribution in [-0.4, -0.2) is 38.4 Å². The SMILES string of the molecule is O=S(=O)(c1ccc(Cl)cc1)N1CCCC(C2NNCC2c2ccccc2)C1. The predicted molar refractivity (Wildman–Crippen MR) is 107 cm³/mol. The Kier molecular flexibility index (Phi) is 5.53. The highest BCUT2D eigenvalue weighted by molar-refractivity contribution is 7.89. The maximum absolute atomic E-state index is 13.1. The van der Waals surface area contributed by atoms with Gasteiger partial charge in [-0.1, -0.05) is 41.9 Å². The van der Waals surface area contributed by atoms with Crippen molar-refractivity contribution >= 4 is 21.6 Å². The molecule has 2 N–H and O–H groups in total. The van der Waals surface area contributed by atoms with Crippen LogP contribution in [0.3, 0.4) is 0 Å². The van der Waals surface area contributed by atoms with Crippen LogP contribution in [-0.2, 0) is 10.0 Å². The van der Waals surface area contributed by atoms with Crippen molar-refractivity contribution < 1.29 is 8.42 Å². The Labute approximate surface area is 165 Å². The third kappa shape index (κ3) is 3.91. The van der Waals surface area contributed by atoms with Crippen LogP contribution in [0.1, 0.15) is 24.3 Å². The van der Waals surface area contributed by atoms with Crippen molar-refractivity contribution in [2.45, 2.75) is 29.7 Å². The summed E-state index contributed by atoms with van der Waals surface area (Å²) in [6.45, 7) is 1.96. The lowest BCUT2D eigenvalue weighted by Gasteiger charge is -2.36. The Morgan fingerprint density at radius 2 is 1.78 bits per heavy atom. The Balaban J connectivity index is 1.53. The lowest BCUT2D eigenvalue weighted by molar-refractivity contribution is 0.215. The number of nitrogens with zero attached hydrogens (tertiary/aromatic N) is 1. The molecule has 144 valence electrons. The summed E-state index contributed by atoms with van der Waals surface area (Å²) in [6.07, 6.45) is 1.90. The largest absolute Gasteiger partial charge is 0.257 e. The molecule has 3 unspecified atom stereocenters. The fourth-order valence-electron chi connectivity index (χ4n) is 4.23. The predicted octanol–water partition coefficient (Wildman–Crippen LogP) is 3.00. The van der Waals surface area contributed by atoms with Gasteiger partial charge >= 0.3 is 0 Å². The van der Waals surface area contributed by atoms with Crippen LogP contribution < -0.4 is 10.9 Å². The molecular formula is C20H24ClN3O2S. The molecule has 5 nitrogen and oxygen atoms in total. The molecule has 0 aromatic heterocycles. The van der Waals surface area contributed by atoms with Crippen LogP contribution in [0.25, 0.3) is 0 Å². The van der Waals surface area contributed by atoms with Crippen LogP contribution in [0.15, 0.2) is 59.5 Å². The van der Waals surface area contributed by atoms with Crippen LogP contribution in [0.5, 0.6) is 0 Å². The number of halogens is 1. The van der Waals surface area contributed by atoms with E-state index >= 15 is 0 Å². The second-order valence-corrected chi connectivity index (χ2v) is 9.66. The number of piperidine rings is 1. The van der Waals surface area contributed by atoms with E-state index in [4.69, 9.17) is 11.6 Å². The molecule has 0 spiro atoms. The van der Waals surface area contributed by atoms with Gasteiger partial charge in [-0.15, -0.1) is 0 Å². The number of hydrogen-bond acceptors (Lipinski definition) is 4. The summed E-state index contributed by atoms with van der Waals surface area (Å²) >= 11 is 5.91. The summed E-state index contributed by atoms with van der Waals surface area (Å²) in [4.78, 5) is 0.310. The maximum atomic E-state index is 13.1. The molecule has 7 heteroatoms. The monoisotopic (exact) mass is 405 g/mol. The smallest absolute Gasteiger partial charge is 0.243 e. The van der Waals surface area contributed by atoms with Crippen molar-refractivity contribution in [3.05, 3.63) is 65.2 Å². The van der Waals surface area contributed by atoms with Gasteiger partial charge in [0, 0.05) is 36.6 Å². The highest BCUT2D eigenvalue weighted by Gasteiger charge is 2.39. The number of benzene rings is 2. The Morgan fingerprint density at radius 3 is 2.52 bits per heavy atom. The van der Waals surface area contributed by atoms with Gasteiger partial charge in [-0.05, 0) is 48.6 Å². The molecule has 0 amide bonds. The van der Waals surface area contributed by atoms with Gasteiger partial charge in [0.2, 0.25) is 10.0 Å². The summed E-state index contributed by atoms with van der Waals surface area (Å²) in [6, 6.07) is 17.1. The molecular weight excluding hydrogens is 382 g/mol. The zero-order valence-corrected chi connectivity index (χ0v) is 16.6. The first kappa shape index (κ1) is 18.9. The van der Waals surface area contributed by atoms with E-state index in [1.54, 1.807) is 28.6 Å². The van der Waals surface area contributed by atoms with Crippen molar-refractivity contribution in [2.24, 2.45) is 5.92 Å². The van der Waals surface area contributed by atoms with Gasteiger partial charge in [0.25, 0.3) is 0 Å². The molecule has 27 heavy (non-hydrogen) atoms. The average Bonchev–Trinajstić information content (AvgIpc) is 3.19. The minimum atomic E-state index is -3.50. The fraction of sp³-hybridized carbons (Fsp3) is 0.400. The number of nitrogens with one attached hydrogen (secondary N) is 2. The quantitative estimate of drug-likeness (QED) is 0.820. The number of sulfonamides is 1. The van der Waals surface area contributed by atoms with Gasteiger partial charge in [0.15, 0.2) is 0 Å². The average molecular weight is 406 g/mol. The van der Waals surface area contributed by atoms with Crippen molar-refractivity contribution in [3.63, 3.8) is 0 Å². The van der Waals surface area contributed by atoms with Crippen LogP contribution >= 0.6 is 11.6 Å². The van der Waals surface area contributed by atoms with Gasteiger partial charge in [0.1, 0.15) is 0 Å². The molecule has 2 aliphatic heterocycles. The first-order valence-electron chi connectivity index (χ1n) is 9.35. The number of hydrogen-bond donors (Lipinski definition) is 2. The molecule has 0 bridgehead atoms. The Bertz CT molecular complexity index is 874. The first-order valence-corrected chi connectivity index (χ1v) is 11.2. The van der Waals surface area contributed by atoms with Crippen molar-refractivity contribution in [3.8, 4) is 0 Å². The summed E-state index contributed by atoms with van der Waals surface area (Å²) in [5.74, 6) is 0.607. The second kappa shape index (κ2) is 7.89. The van der Waals surface area contributed by atoms with Crippen molar-refractivity contribution in [2.75, 3.05) is 19.6 Å². The summed E-state index contributed by atoms with van der Waals surface area (Å²) in [7, 11) is -3.50. The van der Waals surface area contributed by atoms with Crippen LogP contribution in [0, 0.1) is 5.92 Å². The highest BCUT2D eigenvalue weighted by Crippen LogP contribution is 2.33. The molecule has 2 saturated heterocycles. The maximum Gasteiger partial charge on any atom is 0.243 e. The lowest BCUT2D eigenvalue weighted by atomic mass is 9.81. The molecule has 0 aliphatic carbocycles. The van der Waals surface area contributed by atoms with Gasteiger partial charge in [-0.25, -0.2) is 8.42 Å². The molecule has 0 radical (unpaired) electrons. The lowest BCUT2D eigenvalue weighted by Crippen LogP contribution is -2.48. The molecule has 2 fully saturated rings. The summed E-state index contributed by atoms with van der Waals surface area (Å²) in [5, 5.41) is 0.539. The first-order chi connectivity index (χ1) is 13.1. The molecule has 2 aliphatic rings. The van der Waals surface area contributed by atoms with Gasteiger partial charge < -0.3 is 0 Å². The standard InChI is InChI=1S/C20H24ClN3O2S/c21-17-8-10-18(11-9-17)27(25,26)24-12-4-7-16(14-24)20-19(13-22-23-20)15-5-2-1-3-6-15/h1-3,5-6,8-11,16,19-20,22-23H,4,7,12-14H2. The van der Waals surface area contributed by atoms with E-state index in [-0.39, 0.29) is 12.0 Å². The minimum Gasteiger partial charge on any atom is -0.257 e. The second-order valence-electron chi connectivity index (χ2n) is 7.29. The normalized spacial score (nSPS) is 26.9. The van der Waals surface area contributed by atoms with E-state index in [2.05, 4.69) is 35.1 Å². The van der Waals surface area contributed by atoms with Gasteiger partial charge in [-0.2, -0.15) is 4.31 Å². The van der Waals surface area contributed by atoms with E-state index in [1.165, 1.54) is 5.56 Å². The summed E-state index contributed by atoms with van der Waals surface area (Å²) < 4.78 is 27.7. The highest BCUT2D eigenvalue weighted by atomic mass is 35.5.